The van der Waals surface area contributed by atoms with E-state index in [1.165, 1.54) is 52.2 Å². The van der Waals surface area contributed by atoms with Crippen molar-refractivity contribution in [2.45, 2.75) is 203 Å². The fraction of sp³-hybridized carbons (Fsp3) is 0.473. The average Bonchev–Trinajstić information content (AvgIpc) is 1.73. The third kappa shape index (κ3) is 29.5. The minimum absolute atomic E-state index is 0.0208. The van der Waals surface area contributed by atoms with Crippen LogP contribution in [0.5, 0.6) is 5.75 Å². The Labute approximate surface area is 781 Å². The summed E-state index contributed by atoms with van der Waals surface area (Å²) in [7, 11) is 3.58. The quantitative estimate of drug-likeness (QED) is 0.0367. The first kappa shape index (κ1) is 105. The molecule has 135 heavy (non-hydrogen) atoms. The van der Waals surface area contributed by atoms with Crippen molar-refractivity contribution < 1.29 is 115 Å². The highest BCUT2D eigenvalue weighted by Gasteiger charge is 2.48. The highest BCUT2D eigenvalue weighted by atomic mass is 32.2. The number of aromatic nitrogens is 1. The minimum atomic E-state index is -2.06. The maximum Gasteiger partial charge on any atom is 0.305 e. The third-order valence-electron chi connectivity index (χ3n) is 23.7. The standard InChI is InChI=1S/C93H118F3N17O21S/c1-9-10-25-70-92(133)113-47-58(115)42-72(113)87(128)106-67(43-78(120)121)85(126)108-80(51(4)5)93(134)110(7)71(39-52-19-13-11-14-20-52)86(127)102-63(30-31-77(118)119)90(131)112-33-32-98-45-74(112)88(129)105-66(41-56-44-99-62-24-18-17-23-59(56)62)84(125)104-65(37-54-26-28-57(114)29-27-54)83(124)103-64(34-50(2)3)82(123)107-69(81(122)100-46-75(97)116)48-135-49-76(117)101-68(38-55-35-60(94)79(96)61(95)36-55)89(130)111(8)73(91(132)109(70)6)40-53-21-15-12-16-22-53/h11-24,26-29,35-36,44,50-51,58,63-74,80,98-99,114-115H,9-10,25,30-34,37-43,45-49H2,1-8H3,(H2,97,116)(H,100,122)(H,101,117)(H,102,127)(H,103,124)(H,104,125)(H,105,129)(H,106,128)(H,107,123)(H,108,126)(H,118,119)(H,120,121)/t58-,63+,64+,65+,66-,67+,68+,69+,70+,71+,72-,73+,74-,80+/m1/s1. The van der Waals surface area contributed by atoms with Crippen LogP contribution in [-0.4, -0.2) is 300 Å². The normalized spacial score (nSPS) is 24.0. The lowest BCUT2D eigenvalue weighted by atomic mass is 9.98. The summed E-state index contributed by atoms with van der Waals surface area (Å²) in [5, 5.41) is 69.2. The number of nitrogens with zero attached hydrogens (tertiary/aromatic N) is 5. The number of nitrogens with two attached hydrogens (primary N) is 1. The number of para-hydroxylation sites is 1. The molecule has 0 radical (unpaired) electrons. The molecule has 3 saturated heterocycles. The van der Waals surface area contributed by atoms with Gasteiger partial charge in [0.15, 0.2) is 17.5 Å². The number of likely N-dealkylation sites (N-methyl/N-ethyl adjacent to an activating group) is 3. The SMILES string of the molecule is CCCC[C@H]1C(=O)N2C[C@H](O)C[C@@H]2C(=O)N[C@@H](CC(=O)O)C(=O)N[C@@H](C(C)C)C(=O)N(C)[C@@H](Cc2ccccc2)C(=O)N[C@@H](CCC(=O)O)C(=O)N2CCNC[C@@H]2C(=O)N[C@H](Cc2c[nH]c3ccccc23)C(=O)N[C@@H](Cc2ccc(O)cc2)C(=O)N[C@@H](CC(C)C)C(=O)N[C@H](C(=O)NCC(N)=O)CSCC(=O)N[C@@H](Cc2cc(F)c(F)c(F)c2)C(=O)N(C)[C@@H](Cc2ccccc2)C(=O)N1C. The number of H-pyrrole nitrogens is 1. The van der Waals surface area contributed by atoms with Crippen molar-refractivity contribution in [3.8, 4) is 5.75 Å². The number of aromatic hydroxyl groups is 1. The number of primary amides is 1. The number of phenolic OH excluding ortho intramolecular Hbond substituents is 1. The highest BCUT2D eigenvalue weighted by molar-refractivity contribution is 8.00. The second-order valence-electron chi connectivity index (χ2n) is 34.7. The molecule has 5 aromatic carbocycles. The van der Waals surface area contributed by atoms with Gasteiger partial charge in [0, 0.05) is 115 Å². The zero-order valence-electron chi connectivity index (χ0n) is 76.1. The van der Waals surface area contributed by atoms with Gasteiger partial charge < -0.3 is 109 Å². The Balaban J connectivity index is 1.15. The third-order valence-corrected chi connectivity index (χ3v) is 24.7. The van der Waals surface area contributed by atoms with E-state index in [2.05, 4.69) is 58.2 Å². The number of fused-ring (bicyclic) bond motifs is 3. The predicted molar refractivity (Wildman–Crippen MR) is 486 cm³/mol. The number of halogens is 3. The molecule has 42 heteroatoms. The largest absolute Gasteiger partial charge is 0.508 e. The summed E-state index contributed by atoms with van der Waals surface area (Å²) in [6.07, 6.45) is -4.81. The summed E-state index contributed by atoms with van der Waals surface area (Å²) in [5.74, 6) is -26.9. The van der Waals surface area contributed by atoms with E-state index in [0.29, 0.717) is 63.5 Å². The monoisotopic (exact) mass is 1900 g/mol. The van der Waals surface area contributed by atoms with Gasteiger partial charge in [0.1, 0.15) is 84.3 Å². The molecule has 9 rings (SSSR count). The van der Waals surface area contributed by atoms with Gasteiger partial charge in [0.2, 0.25) is 88.6 Å². The second-order valence-corrected chi connectivity index (χ2v) is 35.7. The summed E-state index contributed by atoms with van der Waals surface area (Å²) in [5.41, 5.74) is 7.29. The molecular formula is C93H118F3N17O21S. The number of carbonyl (C=O) groups is 17. The number of carbonyl (C=O) groups excluding carboxylic acids is 15. The molecule has 38 nitrogen and oxygen atoms in total. The molecule has 0 bridgehead atoms. The molecule has 17 N–H and O–H groups in total. The summed E-state index contributed by atoms with van der Waals surface area (Å²) in [6, 6.07) is 7.53. The van der Waals surface area contributed by atoms with Crippen LogP contribution in [0.1, 0.15) is 114 Å². The molecule has 14 atom stereocenters. The average molecular weight is 1900 g/mol. The van der Waals surface area contributed by atoms with Crippen LogP contribution in [0, 0.1) is 29.3 Å². The van der Waals surface area contributed by atoms with Crippen LogP contribution in [0.15, 0.2) is 128 Å². The smallest absolute Gasteiger partial charge is 0.305 e. The molecule has 3 aliphatic rings. The van der Waals surface area contributed by atoms with Gasteiger partial charge in [-0.15, -0.1) is 11.8 Å². The van der Waals surface area contributed by atoms with Crippen molar-refractivity contribution in [3.63, 3.8) is 0 Å². The number of amides is 15. The van der Waals surface area contributed by atoms with Crippen molar-refractivity contribution in [2.24, 2.45) is 17.6 Å². The summed E-state index contributed by atoms with van der Waals surface area (Å²) >= 11 is 0.649. The van der Waals surface area contributed by atoms with Gasteiger partial charge in [-0.1, -0.05) is 138 Å². The van der Waals surface area contributed by atoms with E-state index in [1.807, 2.05) is 0 Å². The van der Waals surface area contributed by atoms with Gasteiger partial charge in [0.05, 0.1) is 24.8 Å². The van der Waals surface area contributed by atoms with Crippen LogP contribution < -0.4 is 58.9 Å². The van der Waals surface area contributed by atoms with Crippen LogP contribution in [0.25, 0.3) is 10.9 Å². The van der Waals surface area contributed by atoms with E-state index in [9.17, 15) is 58.4 Å². The number of carboxylic acid groups (broad SMARTS) is 2. The summed E-state index contributed by atoms with van der Waals surface area (Å²) < 4.78 is 45.1. The number of carboxylic acids is 2. The van der Waals surface area contributed by atoms with Crippen LogP contribution in [0.2, 0.25) is 0 Å². The van der Waals surface area contributed by atoms with Crippen molar-refractivity contribution in [1.29, 1.82) is 0 Å². The lowest BCUT2D eigenvalue weighted by Crippen LogP contribution is -2.65. The Hall–Kier alpha value is -13.5. The van der Waals surface area contributed by atoms with Crippen LogP contribution in [0.4, 0.5) is 13.2 Å². The number of hydrogen-bond acceptors (Lipinski definition) is 21. The topological polar surface area (TPSA) is 549 Å². The number of benzene rings is 5. The van der Waals surface area contributed by atoms with E-state index in [1.54, 1.807) is 112 Å². The lowest BCUT2D eigenvalue weighted by molar-refractivity contribution is -0.152. The summed E-state index contributed by atoms with van der Waals surface area (Å²) in [6.45, 7) is 6.20. The molecule has 0 aliphatic carbocycles. The molecule has 4 heterocycles. The molecule has 1 aromatic heterocycles. The summed E-state index contributed by atoms with van der Waals surface area (Å²) in [4.78, 5) is 258. The Kier molecular flexibility index (Phi) is 38.5. The van der Waals surface area contributed by atoms with E-state index in [4.69, 9.17) is 5.73 Å². The Morgan fingerprint density at radius 3 is 1.70 bits per heavy atom. The van der Waals surface area contributed by atoms with Crippen molar-refractivity contribution >= 4 is 123 Å². The number of rotatable bonds is 24. The number of aliphatic carboxylic acids is 2. The Bertz CT molecular complexity index is 5250. The molecule has 3 aliphatic heterocycles. The fourth-order valence-electron chi connectivity index (χ4n) is 16.4. The Morgan fingerprint density at radius 2 is 1.09 bits per heavy atom. The molecule has 728 valence electrons. The number of piperazine rings is 1. The Morgan fingerprint density at radius 1 is 0.541 bits per heavy atom. The zero-order valence-corrected chi connectivity index (χ0v) is 76.9. The van der Waals surface area contributed by atoms with Gasteiger partial charge in [-0.05, 0) is 89.2 Å². The highest BCUT2D eigenvalue weighted by Crippen LogP contribution is 2.28. The maximum atomic E-state index is 15.7. The molecule has 0 spiro atoms. The molecule has 6 aromatic rings. The minimum Gasteiger partial charge on any atom is -0.508 e. The van der Waals surface area contributed by atoms with Gasteiger partial charge in [0.25, 0.3) is 0 Å². The van der Waals surface area contributed by atoms with E-state index in [0.717, 1.165) is 31.5 Å². The number of thioether (sulfide) groups is 1. The van der Waals surface area contributed by atoms with Crippen LogP contribution >= 0.6 is 11.8 Å². The number of aromatic amines is 1. The number of hydrogen-bond donors (Lipinski definition) is 16. The van der Waals surface area contributed by atoms with Crippen molar-refractivity contribution in [1.82, 2.24) is 82.7 Å². The zero-order chi connectivity index (χ0) is 98.8. The first-order chi connectivity index (χ1) is 64.1. The van der Waals surface area contributed by atoms with Crippen molar-refractivity contribution in [3.05, 3.63) is 173 Å². The van der Waals surface area contributed by atoms with Crippen LogP contribution in [-0.2, 0) is 114 Å². The second kappa shape index (κ2) is 49.5. The molecule has 3 fully saturated rings. The first-order valence-corrected chi connectivity index (χ1v) is 45.6. The number of aliphatic hydroxyl groups is 1. The predicted octanol–water partition coefficient (Wildman–Crippen LogP) is 0.506. The number of phenols is 1. The fourth-order valence-corrected chi connectivity index (χ4v) is 17.2. The van der Waals surface area contributed by atoms with E-state index in [-0.39, 0.29) is 75.9 Å². The molecular weight excluding hydrogens is 1780 g/mol. The van der Waals surface area contributed by atoms with E-state index < -0.39 is 271 Å². The first-order valence-electron chi connectivity index (χ1n) is 44.4. The lowest BCUT2D eigenvalue weighted by Gasteiger charge is -2.38. The van der Waals surface area contributed by atoms with Gasteiger partial charge in [-0.3, -0.25) is 81.5 Å². The maximum absolute atomic E-state index is 15.7. The molecule has 15 amide bonds. The number of unbranched alkanes of at least 4 members (excludes halogenated alkanes) is 1. The molecule has 0 saturated carbocycles. The van der Waals surface area contributed by atoms with Crippen molar-refractivity contribution in [2.75, 3.05) is 65.4 Å². The van der Waals surface area contributed by atoms with Crippen LogP contribution in [0.3, 0.4) is 0 Å². The molecule has 0 unspecified atom stereocenters. The van der Waals surface area contributed by atoms with Gasteiger partial charge >= 0.3 is 11.9 Å². The number of nitrogens with one attached hydrogen (secondary N) is 11. The van der Waals surface area contributed by atoms with E-state index >= 15 is 56.7 Å². The van der Waals surface area contributed by atoms with Gasteiger partial charge in [-0.2, -0.15) is 0 Å². The number of aliphatic hydroxyl groups excluding tert-OH is 1. The van der Waals surface area contributed by atoms with Gasteiger partial charge in [-0.25, -0.2) is 13.2 Å².